The predicted octanol–water partition coefficient (Wildman–Crippen LogP) is 5.75. The molecule has 3 rings (SSSR count). The van der Waals surface area contributed by atoms with Crippen LogP contribution in [0.1, 0.15) is 98.8 Å². The molecule has 12 nitrogen and oxygen atoms in total. The Morgan fingerprint density at radius 3 is 2.46 bits per heavy atom. The van der Waals surface area contributed by atoms with Gasteiger partial charge < -0.3 is 29.3 Å². The molecule has 3 aliphatic rings. The molecule has 1 saturated carbocycles. The van der Waals surface area contributed by atoms with Gasteiger partial charge in [-0.05, 0) is 57.6 Å². The summed E-state index contributed by atoms with van der Waals surface area (Å²) in [4.78, 5) is 41.6. The van der Waals surface area contributed by atoms with Gasteiger partial charge in [0.15, 0.2) is 6.10 Å². The number of aliphatic hydroxyl groups excluding tert-OH is 1. The molecule has 0 aromatic rings. The molecule has 50 heavy (non-hydrogen) atoms. The Labute approximate surface area is 299 Å². The molecule has 0 aromatic carbocycles. The van der Waals surface area contributed by atoms with E-state index in [0.29, 0.717) is 32.7 Å². The quantitative estimate of drug-likeness (QED) is 0.0681. The number of quaternary nitrogens is 1. The Morgan fingerprint density at radius 1 is 1.16 bits per heavy atom. The van der Waals surface area contributed by atoms with Gasteiger partial charge in [0, 0.05) is 38.3 Å². The Balaban J connectivity index is 1.70. The van der Waals surface area contributed by atoms with Crippen LogP contribution in [0.25, 0.3) is 0 Å². The molecule has 0 unspecified atom stereocenters. The largest absolute Gasteiger partial charge is 0.457 e. The third-order valence-corrected chi connectivity index (χ3v) is 10.4. The number of carbonyl (C=O) groups excluding carboxylic acids is 3. The maximum Gasteiger partial charge on any atom is 0.410 e. The van der Waals surface area contributed by atoms with Gasteiger partial charge in [-0.1, -0.05) is 57.9 Å². The van der Waals surface area contributed by atoms with Crippen molar-refractivity contribution in [3.8, 4) is 0 Å². The Bertz CT molecular complexity index is 1190. The molecule has 0 bridgehead atoms. The number of piperazine rings is 1. The zero-order valence-corrected chi connectivity index (χ0v) is 31.3. The Morgan fingerprint density at radius 2 is 1.82 bits per heavy atom. The van der Waals surface area contributed by atoms with Crippen LogP contribution < -0.4 is 0 Å². The average molecular weight is 707 g/mol. The molecule has 2 fully saturated rings. The van der Waals surface area contributed by atoms with Gasteiger partial charge in [0.05, 0.1) is 32.2 Å². The van der Waals surface area contributed by atoms with Crippen LogP contribution in [0, 0.1) is 11.8 Å². The van der Waals surface area contributed by atoms with E-state index < -0.39 is 36.0 Å². The summed E-state index contributed by atoms with van der Waals surface area (Å²) >= 11 is 0. The minimum absolute atomic E-state index is 0.00853. The molecule has 0 radical (unpaired) electrons. The van der Waals surface area contributed by atoms with E-state index in [9.17, 15) is 29.8 Å². The van der Waals surface area contributed by atoms with E-state index in [1.54, 1.807) is 35.9 Å². The minimum atomic E-state index is -1.52. The SMILES string of the molecule is CCCN(C)C(=O)OC[C@H](C)/C=C/C=C(\C)[C@H]1OC(=O)C[C@H](O)CC[C@@](C)(O)[C@@H](OC(=O)N2CC[N+](O)(C3CCCCCC3)CC2)/C=C/[C@@H]1C. The summed E-state index contributed by atoms with van der Waals surface area (Å²) in [6.45, 7) is 11.6. The number of esters is 1. The summed E-state index contributed by atoms with van der Waals surface area (Å²) in [5, 5.41) is 33.6. The van der Waals surface area contributed by atoms with Gasteiger partial charge >= 0.3 is 18.2 Å². The van der Waals surface area contributed by atoms with Gasteiger partial charge in [-0.15, -0.1) is 0 Å². The van der Waals surface area contributed by atoms with E-state index >= 15 is 0 Å². The zero-order chi connectivity index (χ0) is 36.9. The first-order valence-electron chi connectivity index (χ1n) is 18.7. The van der Waals surface area contributed by atoms with Crippen LogP contribution in [-0.2, 0) is 19.0 Å². The van der Waals surface area contributed by atoms with E-state index in [4.69, 9.17) is 14.2 Å². The number of hydrogen-bond donors (Lipinski definition) is 3. The Kier molecular flexibility index (Phi) is 16.3. The van der Waals surface area contributed by atoms with Gasteiger partial charge in [0.25, 0.3) is 0 Å². The Hall–Kier alpha value is -2.93. The number of nitrogens with zero attached hydrogens (tertiary/aromatic N) is 3. The highest BCUT2D eigenvalue weighted by atomic mass is 16.6. The highest BCUT2D eigenvalue weighted by Gasteiger charge is 2.42. The van der Waals surface area contributed by atoms with Gasteiger partial charge in [0.2, 0.25) is 0 Å². The molecule has 1 saturated heterocycles. The van der Waals surface area contributed by atoms with Crippen LogP contribution in [0.3, 0.4) is 0 Å². The van der Waals surface area contributed by atoms with Gasteiger partial charge in [-0.3, -0.25) is 9.69 Å². The van der Waals surface area contributed by atoms with Crippen molar-refractivity contribution < 1.29 is 48.7 Å². The summed E-state index contributed by atoms with van der Waals surface area (Å²) in [7, 11) is 1.71. The summed E-state index contributed by atoms with van der Waals surface area (Å²) in [5.41, 5.74) is -0.769. The molecule has 2 amide bonds. The maximum atomic E-state index is 13.5. The average Bonchev–Trinajstić information content (AvgIpc) is 3.37. The first-order valence-corrected chi connectivity index (χ1v) is 18.7. The lowest BCUT2D eigenvalue weighted by atomic mass is 9.89. The second-order valence-corrected chi connectivity index (χ2v) is 15.1. The van der Waals surface area contributed by atoms with E-state index in [-0.39, 0.29) is 54.5 Å². The second kappa shape index (κ2) is 19.6. The molecular weight excluding hydrogens is 642 g/mol. The van der Waals surface area contributed by atoms with Crippen molar-refractivity contribution >= 4 is 18.2 Å². The number of rotatable bonds is 9. The number of cyclic esters (lactones) is 1. The third-order valence-electron chi connectivity index (χ3n) is 10.4. The summed E-state index contributed by atoms with van der Waals surface area (Å²) in [5.74, 6) is -0.968. The van der Waals surface area contributed by atoms with Gasteiger partial charge in [0.1, 0.15) is 30.8 Å². The van der Waals surface area contributed by atoms with Gasteiger partial charge in [-0.25, -0.2) is 14.8 Å². The van der Waals surface area contributed by atoms with Crippen LogP contribution in [0.2, 0.25) is 0 Å². The third kappa shape index (κ3) is 12.7. The standard InChI is InChI=1S/C38H64N3O9/c1-7-21-39(6)36(44)48-27-28(2)13-12-14-29(3)35-30(4)17-18-33(38(5,46)20-19-32(42)26-34(43)50-35)49-37(45)40-22-24-41(47,25-23-40)31-15-10-8-9-11-16-31/h12-14,17-18,28,30-33,35,42,46-47H,7-11,15-16,19-27H2,1-6H3/q+1/b13-12+,18-17+,29-14+/t28-,30+,32-,33+,35-,38-/m1/s1. The predicted molar refractivity (Wildman–Crippen MR) is 190 cm³/mol. The number of allylic oxidation sites excluding steroid dienone is 2. The fourth-order valence-corrected chi connectivity index (χ4v) is 7.02. The van der Waals surface area contributed by atoms with Crippen LogP contribution in [0.4, 0.5) is 9.59 Å². The molecule has 1 aliphatic carbocycles. The van der Waals surface area contributed by atoms with Gasteiger partial charge in [-0.2, -0.15) is 4.65 Å². The molecule has 6 atom stereocenters. The van der Waals surface area contributed by atoms with Crippen molar-refractivity contribution in [2.45, 2.75) is 129 Å². The zero-order valence-electron chi connectivity index (χ0n) is 31.3. The van der Waals surface area contributed by atoms with Crippen molar-refractivity contribution in [2.75, 3.05) is 46.4 Å². The highest BCUT2D eigenvalue weighted by Crippen LogP contribution is 2.30. The maximum absolute atomic E-state index is 13.5. The molecule has 0 aromatic heterocycles. The summed E-state index contributed by atoms with van der Waals surface area (Å²) < 4.78 is 17.2. The molecule has 12 heteroatoms. The van der Waals surface area contributed by atoms with E-state index in [1.165, 1.54) is 12.8 Å². The lowest BCUT2D eigenvalue weighted by molar-refractivity contribution is -1.12. The van der Waals surface area contributed by atoms with Crippen molar-refractivity contribution in [3.63, 3.8) is 0 Å². The van der Waals surface area contributed by atoms with Crippen molar-refractivity contribution in [3.05, 3.63) is 36.0 Å². The van der Waals surface area contributed by atoms with Crippen LogP contribution in [0.5, 0.6) is 0 Å². The van der Waals surface area contributed by atoms with Crippen LogP contribution in [0.15, 0.2) is 36.0 Å². The molecule has 3 N–H and O–H groups in total. The second-order valence-electron chi connectivity index (χ2n) is 15.1. The molecule has 2 heterocycles. The van der Waals surface area contributed by atoms with E-state index in [2.05, 4.69) is 0 Å². The monoisotopic (exact) mass is 706 g/mol. The first kappa shape index (κ1) is 41.5. The number of amides is 2. The minimum Gasteiger partial charge on any atom is -0.457 e. The fourth-order valence-electron chi connectivity index (χ4n) is 7.02. The normalized spacial score (nSPS) is 30.3. The highest BCUT2D eigenvalue weighted by molar-refractivity contribution is 5.70. The van der Waals surface area contributed by atoms with Crippen molar-refractivity contribution in [1.29, 1.82) is 0 Å². The summed E-state index contributed by atoms with van der Waals surface area (Å²) in [6.07, 6.45) is 12.8. The molecule has 2 aliphatic heterocycles. The summed E-state index contributed by atoms with van der Waals surface area (Å²) in [6, 6.07) is 0.194. The van der Waals surface area contributed by atoms with Crippen molar-refractivity contribution in [2.24, 2.45) is 11.8 Å². The van der Waals surface area contributed by atoms with E-state index in [0.717, 1.165) is 37.7 Å². The molecular formula is C38H64N3O9+. The number of carbonyl (C=O) groups is 3. The number of ether oxygens (including phenoxy) is 3. The number of hydroxylamine groups is 3. The topological polar surface area (TPSA) is 146 Å². The lowest BCUT2D eigenvalue weighted by Gasteiger charge is -2.43. The molecule has 0 spiro atoms. The molecule has 284 valence electrons. The van der Waals surface area contributed by atoms with Crippen LogP contribution in [-0.4, -0.2) is 124 Å². The fraction of sp³-hybridized carbons (Fsp3) is 0.763. The van der Waals surface area contributed by atoms with Crippen LogP contribution >= 0.6 is 0 Å². The van der Waals surface area contributed by atoms with Crippen molar-refractivity contribution in [1.82, 2.24) is 9.80 Å². The van der Waals surface area contributed by atoms with E-state index in [1.807, 2.05) is 45.9 Å². The smallest absolute Gasteiger partial charge is 0.410 e. The number of aliphatic hydroxyl groups is 2. The first-order chi connectivity index (χ1) is 23.6. The lowest BCUT2D eigenvalue weighted by Crippen LogP contribution is -2.63. The number of hydrogen-bond acceptors (Lipinski definition) is 9.